The van der Waals surface area contributed by atoms with E-state index in [0.717, 1.165) is 12.2 Å². The van der Waals surface area contributed by atoms with Crippen LogP contribution in [0.2, 0.25) is 0 Å². The van der Waals surface area contributed by atoms with E-state index < -0.39 is 0 Å². The summed E-state index contributed by atoms with van der Waals surface area (Å²) < 4.78 is 5.96. The molecule has 14 heavy (non-hydrogen) atoms. The van der Waals surface area contributed by atoms with E-state index in [0.29, 0.717) is 0 Å². The number of fused-ring (bicyclic) bond motifs is 1. The van der Waals surface area contributed by atoms with Crippen LogP contribution in [0.3, 0.4) is 0 Å². The first-order chi connectivity index (χ1) is 6.86. The van der Waals surface area contributed by atoms with Gasteiger partial charge in [0.05, 0.1) is 5.41 Å². The minimum Gasteiger partial charge on any atom is -0.480 e. The number of para-hydroxylation sites is 1. The minimum atomic E-state index is -0.133. The molecule has 1 saturated carbocycles. The molecule has 0 amide bonds. The highest BCUT2D eigenvalue weighted by Gasteiger charge is 2.74. The summed E-state index contributed by atoms with van der Waals surface area (Å²) in [5.41, 5.74) is 1.30. The SMILES string of the molecule is C1=CC23CC2(C=N1)Oc1ccccc13. The van der Waals surface area contributed by atoms with Crippen LogP contribution in [-0.4, -0.2) is 11.8 Å². The molecule has 2 nitrogen and oxygen atoms in total. The van der Waals surface area contributed by atoms with Gasteiger partial charge in [0.1, 0.15) is 5.75 Å². The van der Waals surface area contributed by atoms with Gasteiger partial charge in [0.25, 0.3) is 0 Å². The Morgan fingerprint density at radius 1 is 1.29 bits per heavy atom. The molecule has 0 radical (unpaired) electrons. The van der Waals surface area contributed by atoms with Crippen molar-refractivity contribution in [3.8, 4) is 5.75 Å². The molecular weight excluding hydrogens is 174 g/mol. The number of benzene rings is 1. The lowest BCUT2D eigenvalue weighted by molar-refractivity contribution is 0.260. The molecule has 0 aromatic heterocycles. The van der Waals surface area contributed by atoms with Gasteiger partial charge in [0, 0.05) is 24.4 Å². The molecule has 2 heterocycles. The molecule has 2 aliphatic heterocycles. The van der Waals surface area contributed by atoms with Crippen molar-refractivity contribution in [1.82, 2.24) is 0 Å². The number of ether oxygens (including phenoxy) is 1. The molecule has 2 atom stereocenters. The standard InChI is InChI=1S/C12H9NO/c1-2-4-10-9(3-1)11-5-6-13-8-12(11,7-11)14-10/h1-6,8H,7H2. The number of hydrogen-bond acceptors (Lipinski definition) is 2. The Morgan fingerprint density at radius 3 is 3.21 bits per heavy atom. The minimum absolute atomic E-state index is 0.116. The first kappa shape index (κ1) is 6.82. The van der Waals surface area contributed by atoms with Gasteiger partial charge in [-0.25, -0.2) is 0 Å². The third-order valence-corrected chi connectivity index (χ3v) is 3.56. The molecular formula is C12H9NO. The molecule has 1 aromatic rings. The van der Waals surface area contributed by atoms with Crippen LogP contribution in [0.25, 0.3) is 0 Å². The maximum absolute atomic E-state index is 5.96. The van der Waals surface area contributed by atoms with E-state index in [9.17, 15) is 0 Å². The van der Waals surface area contributed by atoms with E-state index in [1.807, 2.05) is 24.5 Å². The van der Waals surface area contributed by atoms with E-state index in [4.69, 9.17) is 4.74 Å². The first-order valence-corrected chi connectivity index (χ1v) is 4.87. The quantitative estimate of drug-likeness (QED) is 0.603. The summed E-state index contributed by atoms with van der Waals surface area (Å²) in [6, 6.07) is 8.29. The van der Waals surface area contributed by atoms with Crippen LogP contribution >= 0.6 is 0 Å². The van der Waals surface area contributed by atoms with Crippen LogP contribution in [0.4, 0.5) is 0 Å². The van der Waals surface area contributed by atoms with Gasteiger partial charge in [-0.15, -0.1) is 0 Å². The van der Waals surface area contributed by atoms with Gasteiger partial charge < -0.3 is 4.74 Å². The van der Waals surface area contributed by atoms with Gasteiger partial charge in [-0.2, -0.15) is 0 Å². The predicted molar refractivity (Wildman–Crippen MR) is 53.7 cm³/mol. The number of hydrogen-bond donors (Lipinski definition) is 0. The summed E-state index contributed by atoms with van der Waals surface area (Å²) in [4.78, 5) is 4.18. The van der Waals surface area contributed by atoms with Gasteiger partial charge in [-0.1, -0.05) is 24.3 Å². The van der Waals surface area contributed by atoms with E-state index in [2.05, 4.69) is 23.2 Å². The zero-order valence-electron chi connectivity index (χ0n) is 7.60. The van der Waals surface area contributed by atoms with E-state index in [1.54, 1.807) is 0 Å². The Labute approximate surface area is 81.9 Å². The second-order valence-corrected chi connectivity index (χ2v) is 4.23. The summed E-state index contributed by atoms with van der Waals surface area (Å²) in [7, 11) is 0. The largest absolute Gasteiger partial charge is 0.480 e. The molecule has 0 bridgehead atoms. The van der Waals surface area contributed by atoms with Crippen LogP contribution in [0.1, 0.15) is 12.0 Å². The van der Waals surface area contributed by atoms with Crippen molar-refractivity contribution in [2.24, 2.45) is 4.99 Å². The van der Waals surface area contributed by atoms with Gasteiger partial charge in [-0.05, 0) is 6.07 Å². The fourth-order valence-corrected chi connectivity index (χ4v) is 2.75. The van der Waals surface area contributed by atoms with Crippen LogP contribution in [-0.2, 0) is 5.41 Å². The lowest BCUT2D eigenvalue weighted by atomic mass is 9.92. The number of aliphatic imine (C=N–C) groups is 1. The summed E-state index contributed by atoms with van der Waals surface area (Å²) in [5.74, 6) is 1.02. The Kier molecular flexibility index (Phi) is 0.867. The molecule has 0 spiro atoms. The maximum Gasteiger partial charge on any atom is 0.159 e. The van der Waals surface area contributed by atoms with Crippen molar-refractivity contribution in [1.29, 1.82) is 0 Å². The molecule has 4 rings (SSSR count). The van der Waals surface area contributed by atoms with Crippen molar-refractivity contribution in [2.75, 3.05) is 0 Å². The summed E-state index contributed by atoms with van der Waals surface area (Å²) in [6.45, 7) is 0. The van der Waals surface area contributed by atoms with Gasteiger partial charge in [0.15, 0.2) is 5.60 Å². The average molecular weight is 183 g/mol. The molecule has 1 fully saturated rings. The Morgan fingerprint density at radius 2 is 2.21 bits per heavy atom. The fraction of sp³-hybridized carbons (Fsp3) is 0.250. The average Bonchev–Trinajstić information content (AvgIpc) is 2.80. The normalized spacial score (nSPS) is 39.7. The van der Waals surface area contributed by atoms with Crippen LogP contribution in [0, 0.1) is 0 Å². The zero-order chi connectivity index (χ0) is 9.23. The summed E-state index contributed by atoms with van der Waals surface area (Å²) in [5, 5.41) is 0. The molecule has 1 aliphatic carbocycles. The molecule has 0 N–H and O–H groups in total. The molecule has 3 aliphatic rings. The van der Waals surface area contributed by atoms with Crippen molar-refractivity contribution >= 4 is 6.21 Å². The maximum atomic E-state index is 5.96. The third kappa shape index (κ3) is 0.515. The Bertz CT molecular complexity index is 491. The highest BCUT2D eigenvalue weighted by molar-refractivity contribution is 5.86. The lowest BCUT2D eigenvalue weighted by Crippen LogP contribution is -2.25. The number of nitrogens with zero attached hydrogens (tertiary/aromatic N) is 1. The number of rotatable bonds is 0. The zero-order valence-corrected chi connectivity index (χ0v) is 7.60. The molecule has 0 saturated heterocycles. The van der Waals surface area contributed by atoms with Gasteiger partial charge in [0.2, 0.25) is 0 Å². The monoisotopic (exact) mass is 183 g/mol. The van der Waals surface area contributed by atoms with Crippen molar-refractivity contribution in [3.05, 3.63) is 42.1 Å². The second-order valence-electron chi connectivity index (χ2n) is 4.23. The Balaban J connectivity index is 2.02. The second kappa shape index (κ2) is 1.78. The van der Waals surface area contributed by atoms with Crippen LogP contribution in [0.5, 0.6) is 5.75 Å². The summed E-state index contributed by atoms with van der Waals surface area (Å²) >= 11 is 0. The molecule has 2 heteroatoms. The molecule has 2 unspecified atom stereocenters. The first-order valence-electron chi connectivity index (χ1n) is 4.87. The smallest absolute Gasteiger partial charge is 0.159 e. The lowest BCUT2D eigenvalue weighted by Gasteiger charge is -2.11. The van der Waals surface area contributed by atoms with Gasteiger partial charge in [-0.3, -0.25) is 4.99 Å². The van der Waals surface area contributed by atoms with Crippen molar-refractivity contribution in [3.63, 3.8) is 0 Å². The van der Waals surface area contributed by atoms with E-state index in [1.165, 1.54) is 5.56 Å². The molecule has 68 valence electrons. The van der Waals surface area contributed by atoms with Crippen LogP contribution in [0.15, 0.2) is 41.5 Å². The van der Waals surface area contributed by atoms with Crippen LogP contribution < -0.4 is 4.74 Å². The fourth-order valence-electron chi connectivity index (χ4n) is 2.75. The van der Waals surface area contributed by atoms with Crippen molar-refractivity contribution in [2.45, 2.75) is 17.4 Å². The van der Waals surface area contributed by atoms with Gasteiger partial charge >= 0.3 is 0 Å². The Hall–Kier alpha value is -1.57. The highest BCUT2D eigenvalue weighted by Crippen LogP contribution is 2.67. The van der Waals surface area contributed by atoms with Crippen molar-refractivity contribution < 1.29 is 4.74 Å². The highest BCUT2D eigenvalue weighted by atomic mass is 16.5. The molecule has 1 aromatic carbocycles. The van der Waals surface area contributed by atoms with E-state index in [-0.39, 0.29) is 11.0 Å². The predicted octanol–water partition coefficient (Wildman–Crippen LogP) is 2.06. The summed E-state index contributed by atoms with van der Waals surface area (Å²) in [6.07, 6.45) is 7.07. The topological polar surface area (TPSA) is 21.6 Å². The van der Waals surface area contributed by atoms with E-state index >= 15 is 0 Å². The third-order valence-electron chi connectivity index (χ3n) is 3.56.